The van der Waals surface area contributed by atoms with Gasteiger partial charge in [-0.3, -0.25) is 0 Å². The Bertz CT molecular complexity index is 599. The van der Waals surface area contributed by atoms with E-state index in [0.717, 1.165) is 0 Å². The third-order valence-electron chi connectivity index (χ3n) is 2.00. The standard InChI is InChI=1S/C8H2ClF6N3/c9-4-2(7(10,11)12)1-3-5(17-4)18-6(16-3)8(13,14)15/h1H,(H,16,17,18). The van der Waals surface area contributed by atoms with E-state index in [9.17, 15) is 26.3 Å². The molecule has 98 valence electrons. The third-order valence-corrected chi connectivity index (χ3v) is 2.29. The number of fused-ring (bicyclic) bond motifs is 1. The Kier molecular flexibility index (Phi) is 2.69. The first kappa shape index (κ1) is 12.9. The van der Waals surface area contributed by atoms with Gasteiger partial charge in [-0.25, -0.2) is 9.97 Å². The van der Waals surface area contributed by atoms with Gasteiger partial charge in [0.25, 0.3) is 0 Å². The van der Waals surface area contributed by atoms with E-state index in [-0.39, 0.29) is 0 Å². The Morgan fingerprint density at radius 3 is 2.11 bits per heavy atom. The summed E-state index contributed by atoms with van der Waals surface area (Å²) < 4.78 is 74.2. The molecule has 0 unspecified atom stereocenters. The van der Waals surface area contributed by atoms with E-state index < -0.39 is 40.1 Å². The largest absolute Gasteiger partial charge is 0.449 e. The molecule has 2 aromatic heterocycles. The van der Waals surface area contributed by atoms with Crippen molar-refractivity contribution in [3.8, 4) is 0 Å². The molecule has 0 atom stereocenters. The summed E-state index contributed by atoms with van der Waals surface area (Å²) in [6, 6.07) is 0.437. The van der Waals surface area contributed by atoms with Gasteiger partial charge in [0.05, 0.1) is 11.1 Å². The fourth-order valence-electron chi connectivity index (χ4n) is 1.25. The van der Waals surface area contributed by atoms with Crippen molar-refractivity contribution in [2.45, 2.75) is 12.4 Å². The van der Waals surface area contributed by atoms with Crippen LogP contribution in [-0.4, -0.2) is 15.0 Å². The summed E-state index contributed by atoms with van der Waals surface area (Å²) in [5, 5.41) is -0.949. The maximum atomic E-state index is 12.4. The van der Waals surface area contributed by atoms with Crippen molar-refractivity contribution in [2.75, 3.05) is 0 Å². The normalized spacial score (nSPS) is 13.3. The average Bonchev–Trinajstić information content (AvgIpc) is 2.56. The molecule has 0 radical (unpaired) electrons. The van der Waals surface area contributed by atoms with Gasteiger partial charge in [-0.2, -0.15) is 26.3 Å². The van der Waals surface area contributed by atoms with Crippen molar-refractivity contribution in [3.05, 3.63) is 22.6 Å². The second kappa shape index (κ2) is 3.74. The third kappa shape index (κ3) is 2.22. The minimum atomic E-state index is -4.80. The van der Waals surface area contributed by atoms with Gasteiger partial charge in [0.1, 0.15) is 5.15 Å². The molecule has 0 amide bonds. The molecule has 3 nitrogen and oxygen atoms in total. The molecule has 0 fully saturated rings. The lowest BCUT2D eigenvalue weighted by atomic mass is 10.2. The lowest BCUT2D eigenvalue weighted by molar-refractivity contribution is -0.144. The van der Waals surface area contributed by atoms with Crippen molar-refractivity contribution in [1.82, 2.24) is 15.0 Å². The van der Waals surface area contributed by atoms with Gasteiger partial charge in [0, 0.05) is 0 Å². The molecule has 0 aliphatic rings. The zero-order chi connectivity index (χ0) is 13.7. The molecule has 2 rings (SSSR count). The van der Waals surface area contributed by atoms with E-state index in [1.807, 2.05) is 0 Å². The molecule has 10 heteroatoms. The van der Waals surface area contributed by atoms with Crippen molar-refractivity contribution in [3.63, 3.8) is 0 Å². The maximum absolute atomic E-state index is 12.4. The van der Waals surface area contributed by atoms with Crippen LogP contribution in [0, 0.1) is 0 Å². The number of pyridine rings is 1. The Morgan fingerprint density at radius 1 is 1.00 bits per heavy atom. The van der Waals surface area contributed by atoms with Crippen LogP contribution in [-0.2, 0) is 12.4 Å². The topological polar surface area (TPSA) is 41.6 Å². The molecule has 0 aromatic carbocycles. The smallest absolute Gasteiger partial charge is 0.333 e. The molecule has 0 aliphatic heterocycles. The summed E-state index contributed by atoms with van der Waals surface area (Å²) in [4.78, 5) is 7.92. The average molecular weight is 290 g/mol. The number of nitrogens with zero attached hydrogens (tertiary/aromatic N) is 2. The number of nitrogens with one attached hydrogen (secondary N) is 1. The van der Waals surface area contributed by atoms with E-state index in [4.69, 9.17) is 11.6 Å². The number of imidazole rings is 1. The highest BCUT2D eigenvalue weighted by Gasteiger charge is 2.37. The minimum Gasteiger partial charge on any atom is -0.333 e. The van der Waals surface area contributed by atoms with Gasteiger partial charge in [0.2, 0.25) is 5.82 Å². The van der Waals surface area contributed by atoms with Crippen LogP contribution in [0.4, 0.5) is 26.3 Å². The number of aromatic amines is 1. The molecule has 0 bridgehead atoms. The van der Waals surface area contributed by atoms with Crippen LogP contribution < -0.4 is 0 Å². The summed E-state index contributed by atoms with van der Waals surface area (Å²) in [5.41, 5.74) is -2.34. The highest BCUT2D eigenvalue weighted by atomic mass is 35.5. The number of rotatable bonds is 0. The maximum Gasteiger partial charge on any atom is 0.449 e. The van der Waals surface area contributed by atoms with Crippen LogP contribution >= 0.6 is 11.6 Å². The number of H-pyrrole nitrogens is 1. The SMILES string of the molecule is FC(F)(F)c1nc2nc(Cl)c(C(F)(F)F)cc2[nH]1. The fourth-order valence-corrected chi connectivity index (χ4v) is 1.50. The van der Waals surface area contributed by atoms with E-state index in [2.05, 4.69) is 9.97 Å². The predicted octanol–water partition coefficient (Wildman–Crippen LogP) is 3.65. The highest BCUT2D eigenvalue weighted by Crippen LogP contribution is 2.36. The van der Waals surface area contributed by atoms with Gasteiger partial charge < -0.3 is 4.98 Å². The van der Waals surface area contributed by atoms with Crippen LogP contribution in [0.5, 0.6) is 0 Å². The van der Waals surface area contributed by atoms with Gasteiger partial charge in [-0.1, -0.05) is 11.6 Å². The van der Waals surface area contributed by atoms with Crippen molar-refractivity contribution < 1.29 is 26.3 Å². The molecule has 0 saturated carbocycles. The van der Waals surface area contributed by atoms with Crippen molar-refractivity contribution in [2.24, 2.45) is 0 Å². The predicted molar refractivity (Wildman–Crippen MR) is 48.9 cm³/mol. The molecular formula is C8H2ClF6N3. The van der Waals surface area contributed by atoms with Crippen LogP contribution in [0.15, 0.2) is 6.07 Å². The summed E-state index contributed by atoms with van der Waals surface area (Å²) in [5.74, 6) is -1.43. The number of aromatic nitrogens is 3. The summed E-state index contributed by atoms with van der Waals surface area (Å²) >= 11 is 5.25. The zero-order valence-corrected chi connectivity index (χ0v) is 8.87. The molecule has 0 spiro atoms. The van der Waals surface area contributed by atoms with Gasteiger partial charge in [-0.05, 0) is 6.07 Å². The Labute approximate surface area is 99.8 Å². The summed E-state index contributed by atoms with van der Waals surface area (Å²) in [6.45, 7) is 0. The molecule has 0 saturated heterocycles. The highest BCUT2D eigenvalue weighted by molar-refractivity contribution is 6.30. The van der Waals surface area contributed by atoms with E-state index in [1.54, 1.807) is 4.98 Å². The van der Waals surface area contributed by atoms with Gasteiger partial charge in [0.15, 0.2) is 5.65 Å². The molecule has 0 aliphatic carbocycles. The van der Waals surface area contributed by atoms with Gasteiger partial charge >= 0.3 is 12.4 Å². The van der Waals surface area contributed by atoms with Crippen LogP contribution in [0.2, 0.25) is 5.15 Å². The first-order valence-corrected chi connectivity index (χ1v) is 4.67. The molecule has 1 N–H and O–H groups in total. The van der Waals surface area contributed by atoms with E-state index >= 15 is 0 Å². The number of alkyl halides is 6. The number of hydrogen-bond acceptors (Lipinski definition) is 2. The lowest BCUT2D eigenvalue weighted by Gasteiger charge is -2.07. The first-order valence-electron chi connectivity index (χ1n) is 4.29. The quantitative estimate of drug-likeness (QED) is 0.594. The van der Waals surface area contributed by atoms with Crippen LogP contribution in [0.1, 0.15) is 11.4 Å². The molecule has 2 heterocycles. The zero-order valence-electron chi connectivity index (χ0n) is 8.12. The van der Waals surface area contributed by atoms with Gasteiger partial charge in [-0.15, -0.1) is 0 Å². The lowest BCUT2D eigenvalue weighted by Crippen LogP contribution is -2.07. The van der Waals surface area contributed by atoms with Crippen molar-refractivity contribution in [1.29, 1.82) is 0 Å². The van der Waals surface area contributed by atoms with Crippen molar-refractivity contribution >= 4 is 22.8 Å². The molecule has 18 heavy (non-hydrogen) atoms. The second-order valence-electron chi connectivity index (χ2n) is 3.28. The summed E-state index contributed by atoms with van der Waals surface area (Å²) in [7, 11) is 0. The first-order chi connectivity index (χ1) is 8.09. The second-order valence-corrected chi connectivity index (χ2v) is 3.64. The van der Waals surface area contributed by atoms with Crippen LogP contribution in [0.25, 0.3) is 11.2 Å². The van der Waals surface area contributed by atoms with E-state index in [1.165, 1.54) is 0 Å². The number of halogens is 7. The minimum absolute atomic E-state index is 0.437. The Balaban J connectivity index is 2.65. The van der Waals surface area contributed by atoms with E-state index in [0.29, 0.717) is 6.07 Å². The monoisotopic (exact) mass is 289 g/mol. The molecular weight excluding hydrogens is 288 g/mol. The summed E-state index contributed by atoms with van der Waals surface area (Å²) in [6.07, 6.45) is -9.60. The number of hydrogen-bond donors (Lipinski definition) is 1. The molecule has 2 aromatic rings. The Hall–Kier alpha value is -1.51. The fraction of sp³-hybridized carbons (Fsp3) is 0.250. The van der Waals surface area contributed by atoms with Crippen LogP contribution in [0.3, 0.4) is 0 Å². The Morgan fingerprint density at radius 2 is 1.61 bits per heavy atom.